The molecule has 1 aromatic heterocycles. The van der Waals surface area contributed by atoms with E-state index in [1.54, 1.807) is 24.4 Å². The quantitative estimate of drug-likeness (QED) is 0.632. The second-order valence-corrected chi connectivity index (χ2v) is 6.53. The Morgan fingerprint density at radius 1 is 0.962 bits per heavy atom. The van der Waals surface area contributed by atoms with Crippen LogP contribution in [0.4, 0.5) is 5.69 Å². The number of halogens is 2. The summed E-state index contributed by atoms with van der Waals surface area (Å²) in [4.78, 5) is 16.5. The van der Waals surface area contributed by atoms with Crippen molar-refractivity contribution in [3.8, 4) is 0 Å². The normalized spacial score (nSPS) is 10.4. The number of nitrogens with one attached hydrogen (secondary N) is 2. The summed E-state index contributed by atoms with van der Waals surface area (Å²) in [6, 6.07) is 18.5. The van der Waals surface area contributed by atoms with E-state index in [1.807, 2.05) is 42.5 Å². The molecule has 6 heteroatoms. The van der Waals surface area contributed by atoms with Gasteiger partial charge in [-0.1, -0.05) is 53.5 Å². The zero-order valence-electron chi connectivity index (χ0n) is 13.9. The summed E-state index contributed by atoms with van der Waals surface area (Å²) in [5.41, 5.74) is 3.11. The summed E-state index contributed by atoms with van der Waals surface area (Å²) < 4.78 is 0. The molecule has 1 heterocycles. The zero-order valence-corrected chi connectivity index (χ0v) is 15.4. The van der Waals surface area contributed by atoms with Crippen LogP contribution in [0, 0.1) is 0 Å². The lowest BCUT2D eigenvalue weighted by Crippen LogP contribution is -2.23. The second-order valence-electron chi connectivity index (χ2n) is 5.68. The van der Waals surface area contributed by atoms with Crippen molar-refractivity contribution in [1.29, 1.82) is 0 Å². The number of carbonyl (C=O) groups excluding carboxylic acids is 1. The van der Waals surface area contributed by atoms with Crippen molar-refractivity contribution in [2.75, 3.05) is 5.32 Å². The first-order valence-electron chi connectivity index (χ1n) is 8.08. The van der Waals surface area contributed by atoms with E-state index in [0.717, 1.165) is 16.8 Å². The predicted molar refractivity (Wildman–Crippen MR) is 106 cm³/mol. The van der Waals surface area contributed by atoms with Crippen LogP contribution < -0.4 is 10.6 Å². The number of amides is 1. The maximum absolute atomic E-state index is 12.3. The van der Waals surface area contributed by atoms with Crippen molar-refractivity contribution in [2.45, 2.75) is 13.1 Å². The van der Waals surface area contributed by atoms with Crippen molar-refractivity contribution < 1.29 is 4.79 Å². The third-order valence-electron chi connectivity index (χ3n) is 3.80. The minimum absolute atomic E-state index is 0.235. The third kappa shape index (κ3) is 4.97. The SMILES string of the molecule is O=C(NCc1ccc(Cl)cc1)c1cc(NCc2ccccc2Cl)ccn1. The molecule has 2 N–H and O–H groups in total. The van der Waals surface area contributed by atoms with Crippen LogP contribution in [0.15, 0.2) is 66.9 Å². The van der Waals surface area contributed by atoms with Gasteiger partial charge in [-0.3, -0.25) is 9.78 Å². The highest BCUT2D eigenvalue weighted by Gasteiger charge is 2.08. The fourth-order valence-electron chi connectivity index (χ4n) is 2.38. The Bertz CT molecular complexity index is 898. The molecule has 2 aromatic carbocycles. The van der Waals surface area contributed by atoms with Gasteiger partial charge in [0.05, 0.1) is 0 Å². The molecule has 0 saturated carbocycles. The van der Waals surface area contributed by atoms with Gasteiger partial charge in [-0.05, 0) is 41.5 Å². The number of rotatable bonds is 6. The van der Waals surface area contributed by atoms with Crippen LogP contribution in [0.25, 0.3) is 0 Å². The summed E-state index contributed by atoms with van der Waals surface area (Å²) in [7, 11) is 0. The van der Waals surface area contributed by atoms with Crippen LogP contribution in [0.3, 0.4) is 0 Å². The van der Waals surface area contributed by atoms with Crippen molar-refractivity contribution in [3.63, 3.8) is 0 Å². The lowest BCUT2D eigenvalue weighted by Gasteiger charge is -2.10. The molecular weight excluding hydrogens is 369 g/mol. The highest BCUT2D eigenvalue weighted by atomic mass is 35.5. The standard InChI is InChI=1S/C20H17Cl2N3O/c21-16-7-5-14(6-8-16)12-25-20(26)19-11-17(9-10-23-19)24-13-15-3-1-2-4-18(15)22/h1-11H,12-13H2,(H,23,24)(H,25,26). The van der Waals surface area contributed by atoms with E-state index >= 15 is 0 Å². The molecule has 132 valence electrons. The van der Waals surface area contributed by atoms with Gasteiger partial charge in [0, 0.05) is 35.0 Å². The molecular formula is C20H17Cl2N3O. The highest BCUT2D eigenvalue weighted by Crippen LogP contribution is 2.17. The first-order valence-corrected chi connectivity index (χ1v) is 8.83. The van der Waals surface area contributed by atoms with Gasteiger partial charge in [0.15, 0.2) is 0 Å². The van der Waals surface area contributed by atoms with E-state index in [1.165, 1.54) is 0 Å². The number of pyridine rings is 1. The topological polar surface area (TPSA) is 54.0 Å². The van der Waals surface area contributed by atoms with Gasteiger partial charge in [-0.15, -0.1) is 0 Å². The second kappa shape index (κ2) is 8.70. The average Bonchev–Trinajstić information content (AvgIpc) is 2.67. The number of aromatic nitrogens is 1. The Balaban J connectivity index is 1.60. The smallest absolute Gasteiger partial charge is 0.270 e. The number of hydrogen-bond donors (Lipinski definition) is 2. The average molecular weight is 386 g/mol. The van der Waals surface area contributed by atoms with Crippen LogP contribution in [0.1, 0.15) is 21.6 Å². The fourth-order valence-corrected chi connectivity index (χ4v) is 2.71. The maximum Gasteiger partial charge on any atom is 0.270 e. The first kappa shape index (κ1) is 18.2. The van der Waals surface area contributed by atoms with E-state index in [0.29, 0.717) is 28.8 Å². The van der Waals surface area contributed by atoms with Gasteiger partial charge in [-0.25, -0.2) is 0 Å². The van der Waals surface area contributed by atoms with Crippen molar-refractivity contribution in [1.82, 2.24) is 10.3 Å². The lowest BCUT2D eigenvalue weighted by molar-refractivity contribution is 0.0946. The number of anilines is 1. The van der Waals surface area contributed by atoms with Gasteiger partial charge in [0.25, 0.3) is 5.91 Å². The van der Waals surface area contributed by atoms with E-state index in [9.17, 15) is 4.79 Å². The van der Waals surface area contributed by atoms with Crippen LogP contribution >= 0.6 is 23.2 Å². The summed E-state index contributed by atoms with van der Waals surface area (Å²) in [6.07, 6.45) is 1.60. The highest BCUT2D eigenvalue weighted by molar-refractivity contribution is 6.31. The van der Waals surface area contributed by atoms with Crippen LogP contribution in [0.2, 0.25) is 10.0 Å². The Morgan fingerprint density at radius 2 is 1.73 bits per heavy atom. The fraction of sp³-hybridized carbons (Fsp3) is 0.100. The van der Waals surface area contributed by atoms with Gasteiger partial charge in [-0.2, -0.15) is 0 Å². The Morgan fingerprint density at radius 3 is 2.50 bits per heavy atom. The molecule has 0 aliphatic carbocycles. The van der Waals surface area contributed by atoms with Gasteiger partial charge >= 0.3 is 0 Å². The number of carbonyl (C=O) groups is 1. The molecule has 0 radical (unpaired) electrons. The van der Waals surface area contributed by atoms with Crippen LogP contribution in [0.5, 0.6) is 0 Å². The summed E-state index contributed by atoms with van der Waals surface area (Å²) >= 11 is 12.0. The lowest BCUT2D eigenvalue weighted by atomic mass is 10.2. The van der Waals surface area contributed by atoms with Crippen molar-refractivity contribution in [3.05, 3.63) is 93.7 Å². The molecule has 0 unspecified atom stereocenters. The Kier molecular flexibility index (Phi) is 6.10. The number of hydrogen-bond acceptors (Lipinski definition) is 3. The molecule has 26 heavy (non-hydrogen) atoms. The van der Waals surface area contributed by atoms with Gasteiger partial charge in [0.1, 0.15) is 5.69 Å². The molecule has 4 nitrogen and oxygen atoms in total. The van der Waals surface area contributed by atoms with E-state index < -0.39 is 0 Å². The molecule has 0 bridgehead atoms. The molecule has 0 aliphatic heterocycles. The minimum atomic E-state index is -0.235. The third-order valence-corrected chi connectivity index (χ3v) is 4.42. The largest absolute Gasteiger partial charge is 0.381 e. The monoisotopic (exact) mass is 385 g/mol. The molecule has 0 aliphatic rings. The number of nitrogens with zero attached hydrogens (tertiary/aromatic N) is 1. The first-order chi connectivity index (χ1) is 12.6. The predicted octanol–water partition coefficient (Wildman–Crippen LogP) is 4.93. The minimum Gasteiger partial charge on any atom is -0.381 e. The summed E-state index contributed by atoms with van der Waals surface area (Å²) in [5, 5.41) is 7.48. The summed E-state index contributed by atoms with van der Waals surface area (Å²) in [6.45, 7) is 0.977. The van der Waals surface area contributed by atoms with Crippen molar-refractivity contribution >= 4 is 34.8 Å². The van der Waals surface area contributed by atoms with Crippen LogP contribution in [-0.2, 0) is 13.1 Å². The zero-order chi connectivity index (χ0) is 18.4. The molecule has 0 saturated heterocycles. The van der Waals surface area contributed by atoms with Gasteiger partial charge in [0.2, 0.25) is 0 Å². The van der Waals surface area contributed by atoms with Crippen LogP contribution in [-0.4, -0.2) is 10.9 Å². The molecule has 1 amide bonds. The molecule has 3 rings (SSSR count). The Labute approximate surface area is 162 Å². The molecule has 0 spiro atoms. The molecule has 3 aromatic rings. The van der Waals surface area contributed by atoms with Gasteiger partial charge < -0.3 is 10.6 Å². The summed E-state index contributed by atoms with van der Waals surface area (Å²) in [5.74, 6) is -0.235. The van der Waals surface area contributed by atoms with E-state index in [2.05, 4.69) is 15.6 Å². The maximum atomic E-state index is 12.3. The number of benzene rings is 2. The van der Waals surface area contributed by atoms with E-state index in [-0.39, 0.29) is 5.91 Å². The molecule has 0 atom stereocenters. The Hall–Kier alpha value is -2.56. The van der Waals surface area contributed by atoms with E-state index in [4.69, 9.17) is 23.2 Å². The molecule has 0 fully saturated rings. The van der Waals surface area contributed by atoms with Crippen molar-refractivity contribution in [2.24, 2.45) is 0 Å².